The van der Waals surface area contributed by atoms with Gasteiger partial charge in [0.15, 0.2) is 5.84 Å². The second kappa shape index (κ2) is 5.88. The Kier molecular flexibility index (Phi) is 4.21. The molecular weight excluding hydrogens is 247 g/mol. The van der Waals surface area contributed by atoms with Gasteiger partial charge in [-0.3, -0.25) is 0 Å². The second-order valence-corrected chi connectivity index (χ2v) is 4.57. The monoisotopic (exact) mass is 266 g/mol. The molecule has 0 bridgehead atoms. The highest BCUT2D eigenvalue weighted by Crippen LogP contribution is 2.23. The van der Waals surface area contributed by atoms with E-state index in [1.807, 2.05) is 0 Å². The normalized spacial score (nSPS) is 17.8. The number of hydrogen-bond acceptors (Lipinski definition) is 4. The van der Waals surface area contributed by atoms with Crippen molar-refractivity contribution in [3.05, 3.63) is 29.6 Å². The van der Waals surface area contributed by atoms with E-state index in [9.17, 15) is 4.39 Å². The van der Waals surface area contributed by atoms with Gasteiger partial charge in [-0.15, -0.1) is 0 Å². The van der Waals surface area contributed by atoms with Gasteiger partial charge in [0, 0.05) is 37.4 Å². The Morgan fingerprint density at radius 3 is 2.63 bits per heavy atom. The minimum atomic E-state index is -0.391. The van der Waals surface area contributed by atoms with Gasteiger partial charge in [-0.1, -0.05) is 12.1 Å². The lowest BCUT2D eigenvalue weighted by atomic mass is 10.1. The van der Waals surface area contributed by atoms with Crippen LogP contribution in [0.1, 0.15) is 12.5 Å². The first kappa shape index (κ1) is 13.6. The average Bonchev–Trinajstić information content (AvgIpc) is 2.46. The summed E-state index contributed by atoms with van der Waals surface area (Å²) in [4.78, 5) is 4.49. The van der Waals surface area contributed by atoms with Crippen LogP contribution in [0, 0.1) is 5.82 Å². The van der Waals surface area contributed by atoms with Crippen LogP contribution in [0.4, 0.5) is 10.1 Å². The molecule has 0 radical (unpaired) electrons. The molecule has 1 aliphatic heterocycles. The van der Waals surface area contributed by atoms with E-state index in [0.29, 0.717) is 5.56 Å². The summed E-state index contributed by atoms with van der Waals surface area (Å²) in [6.07, 6.45) is 0. The second-order valence-electron chi connectivity index (χ2n) is 4.57. The highest BCUT2D eigenvalue weighted by molar-refractivity contribution is 6.02. The van der Waals surface area contributed by atoms with Crippen LogP contribution in [0.3, 0.4) is 0 Å². The molecule has 5 nitrogen and oxygen atoms in total. The molecule has 0 saturated carbocycles. The smallest absolute Gasteiger partial charge is 0.172 e. The van der Waals surface area contributed by atoms with Crippen LogP contribution in [-0.2, 0) is 0 Å². The SMILES string of the molecule is CCN1CCN(c2ccc(F)cc2C(N)=NO)CC1. The van der Waals surface area contributed by atoms with Crippen LogP contribution in [0.15, 0.2) is 23.4 Å². The zero-order chi connectivity index (χ0) is 13.8. The van der Waals surface area contributed by atoms with E-state index in [1.54, 1.807) is 6.07 Å². The van der Waals surface area contributed by atoms with Crippen LogP contribution in [0.2, 0.25) is 0 Å². The fourth-order valence-electron chi connectivity index (χ4n) is 2.35. The molecule has 1 fully saturated rings. The molecule has 1 aromatic rings. The number of hydrogen-bond donors (Lipinski definition) is 2. The molecule has 104 valence electrons. The lowest BCUT2D eigenvalue weighted by Crippen LogP contribution is -2.46. The number of nitrogens with zero attached hydrogens (tertiary/aromatic N) is 3. The highest BCUT2D eigenvalue weighted by Gasteiger charge is 2.19. The number of likely N-dealkylation sites (N-methyl/N-ethyl adjacent to an activating group) is 1. The Labute approximate surface area is 112 Å². The summed E-state index contributed by atoms with van der Waals surface area (Å²) < 4.78 is 13.3. The van der Waals surface area contributed by atoms with Gasteiger partial charge in [0.05, 0.1) is 0 Å². The molecule has 0 aromatic heterocycles. The third-order valence-corrected chi connectivity index (χ3v) is 3.50. The van der Waals surface area contributed by atoms with Crippen molar-refractivity contribution < 1.29 is 9.60 Å². The van der Waals surface area contributed by atoms with Gasteiger partial charge >= 0.3 is 0 Å². The van der Waals surface area contributed by atoms with E-state index >= 15 is 0 Å². The van der Waals surface area contributed by atoms with Crippen molar-refractivity contribution in [1.29, 1.82) is 0 Å². The molecule has 0 spiro atoms. The Bertz CT molecular complexity index is 470. The lowest BCUT2D eigenvalue weighted by molar-refractivity contribution is 0.271. The summed E-state index contributed by atoms with van der Waals surface area (Å²) in [6, 6.07) is 4.39. The lowest BCUT2D eigenvalue weighted by Gasteiger charge is -2.36. The van der Waals surface area contributed by atoms with Crippen LogP contribution in [0.25, 0.3) is 0 Å². The minimum Gasteiger partial charge on any atom is -0.409 e. The van der Waals surface area contributed by atoms with Crippen molar-refractivity contribution in [3.63, 3.8) is 0 Å². The molecule has 1 aromatic carbocycles. The first-order chi connectivity index (χ1) is 9.15. The maximum Gasteiger partial charge on any atom is 0.172 e. The van der Waals surface area contributed by atoms with E-state index in [-0.39, 0.29) is 5.84 Å². The number of nitrogens with two attached hydrogens (primary N) is 1. The zero-order valence-electron chi connectivity index (χ0n) is 11.0. The molecule has 2 rings (SSSR count). The third-order valence-electron chi connectivity index (χ3n) is 3.50. The van der Waals surface area contributed by atoms with Gasteiger partial charge < -0.3 is 20.7 Å². The molecule has 1 saturated heterocycles. The summed E-state index contributed by atoms with van der Waals surface area (Å²) >= 11 is 0. The molecule has 0 aliphatic carbocycles. The van der Waals surface area contributed by atoms with Gasteiger partial charge in [0.25, 0.3) is 0 Å². The van der Waals surface area contributed by atoms with E-state index in [0.717, 1.165) is 38.4 Å². The maximum absolute atomic E-state index is 13.3. The summed E-state index contributed by atoms with van der Waals surface area (Å²) in [6.45, 7) is 6.79. The molecule has 1 heterocycles. The van der Waals surface area contributed by atoms with Crippen LogP contribution in [-0.4, -0.2) is 48.7 Å². The summed E-state index contributed by atoms with van der Waals surface area (Å²) in [5, 5.41) is 11.8. The van der Waals surface area contributed by atoms with E-state index in [1.165, 1.54) is 12.1 Å². The summed E-state index contributed by atoms with van der Waals surface area (Å²) in [7, 11) is 0. The molecular formula is C13H19FN4O. The van der Waals surface area contributed by atoms with Crippen molar-refractivity contribution in [2.75, 3.05) is 37.6 Å². The minimum absolute atomic E-state index is 0.0626. The fraction of sp³-hybridized carbons (Fsp3) is 0.462. The molecule has 19 heavy (non-hydrogen) atoms. The molecule has 6 heteroatoms. The highest BCUT2D eigenvalue weighted by atomic mass is 19.1. The number of rotatable bonds is 3. The Balaban J connectivity index is 2.25. The molecule has 0 unspecified atom stereocenters. The van der Waals surface area contributed by atoms with Crippen molar-refractivity contribution in [2.24, 2.45) is 10.9 Å². The topological polar surface area (TPSA) is 65.1 Å². The molecule has 0 atom stereocenters. The first-order valence-electron chi connectivity index (χ1n) is 6.40. The molecule has 3 N–H and O–H groups in total. The predicted octanol–water partition coefficient (Wildman–Crippen LogP) is 1.06. The molecule has 0 amide bonds. The average molecular weight is 266 g/mol. The van der Waals surface area contributed by atoms with Gasteiger partial charge in [-0.2, -0.15) is 0 Å². The van der Waals surface area contributed by atoms with Crippen molar-refractivity contribution in [2.45, 2.75) is 6.92 Å². The van der Waals surface area contributed by atoms with Crippen molar-refractivity contribution in [1.82, 2.24) is 4.90 Å². The van der Waals surface area contributed by atoms with Crippen LogP contribution in [0.5, 0.6) is 0 Å². The predicted molar refractivity (Wildman–Crippen MR) is 73.2 cm³/mol. The fourth-order valence-corrected chi connectivity index (χ4v) is 2.35. The Hall–Kier alpha value is -1.82. The zero-order valence-corrected chi connectivity index (χ0v) is 11.0. The number of benzene rings is 1. The largest absolute Gasteiger partial charge is 0.409 e. The Morgan fingerprint density at radius 1 is 1.37 bits per heavy atom. The standard InChI is InChI=1S/C13H19FN4O/c1-2-17-5-7-18(8-6-17)12-4-3-10(14)9-11(12)13(15)16-19/h3-4,9,19H,2,5-8H2,1H3,(H2,15,16). The van der Waals surface area contributed by atoms with Gasteiger partial charge in [0.1, 0.15) is 5.82 Å². The summed E-state index contributed by atoms with van der Waals surface area (Å²) in [5.74, 6) is -0.454. The number of amidine groups is 1. The van der Waals surface area contributed by atoms with Gasteiger partial charge in [-0.25, -0.2) is 4.39 Å². The first-order valence-corrected chi connectivity index (χ1v) is 6.40. The number of anilines is 1. The van der Waals surface area contributed by atoms with E-state index < -0.39 is 5.82 Å². The maximum atomic E-state index is 13.3. The summed E-state index contributed by atoms with van der Waals surface area (Å²) in [5.41, 5.74) is 6.87. The number of oxime groups is 1. The quantitative estimate of drug-likeness (QED) is 0.372. The van der Waals surface area contributed by atoms with Gasteiger partial charge in [0.2, 0.25) is 0 Å². The number of halogens is 1. The van der Waals surface area contributed by atoms with Gasteiger partial charge in [-0.05, 0) is 24.7 Å². The van der Waals surface area contributed by atoms with E-state index in [2.05, 4.69) is 21.9 Å². The van der Waals surface area contributed by atoms with Crippen molar-refractivity contribution in [3.8, 4) is 0 Å². The molecule has 1 aliphatic rings. The third kappa shape index (κ3) is 2.96. The van der Waals surface area contributed by atoms with Crippen LogP contribution >= 0.6 is 0 Å². The Morgan fingerprint density at radius 2 is 2.05 bits per heavy atom. The van der Waals surface area contributed by atoms with Crippen molar-refractivity contribution >= 4 is 11.5 Å². The van der Waals surface area contributed by atoms with Crippen LogP contribution < -0.4 is 10.6 Å². The number of piperazine rings is 1. The van der Waals surface area contributed by atoms with E-state index in [4.69, 9.17) is 10.9 Å².